The van der Waals surface area contributed by atoms with E-state index >= 15 is 0 Å². The minimum Gasteiger partial charge on any atom is -0.493 e. The van der Waals surface area contributed by atoms with Crippen LogP contribution in [0.25, 0.3) is 0 Å². The summed E-state index contributed by atoms with van der Waals surface area (Å²) in [6, 6.07) is 2.87. The fourth-order valence-corrected chi connectivity index (χ4v) is 4.26. The molecule has 142 valence electrons. The van der Waals surface area contributed by atoms with Crippen LogP contribution in [-0.4, -0.2) is 28.6 Å². The number of ether oxygens (including phenoxy) is 1. The maximum atomic E-state index is 13.9. The Kier molecular flexibility index (Phi) is 4.78. The molecule has 0 radical (unpaired) electrons. The molecule has 0 saturated heterocycles. The molecule has 2 aliphatic carbocycles. The normalized spacial score (nSPS) is 27.4. The molecule has 0 aromatic heterocycles. The molecule has 0 aliphatic heterocycles. The lowest BCUT2D eigenvalue weighted by Crippen LogP contribution is -2.46. The SMILES string of the molecule is CC(C)(O)CCOc1cc(Br)c2c(c1)[C@@](O)(C(F)(F)F)C1C=CC=CC21. The van der Waals surface area contributed by atoms with Gasteiger partial charge in [0.25, 0.3) is 0 Å². The lowest BCUT2D eigenvalue weighted by atomic mass is 9.80. The van der Waals surface area contributed by atoms with Crippen LogP contribution in [0.2, 0.25) is 0 Å². The second-order valence-corrected chi connectivity index (χ2v) is 8.22. The Morgan fingerprint density at radius 3 is 2.46 bits per heavy atom. The lowest BCUT2D eigenvalue weighted by molar-refractivity contribution is -0.278. The van der Waals surface area contributed by atoms with Gasteiger partial charge in [0.1, 0.15) is 5.75 Å². The molecule has 3 atom stereocenters. The summed E-state index contributed by atoms with van der Waals surface area (Å²) in [5.74, 6) is -1.47. The minimum absolute atomic E-state index is 0.145. The lowest BCUT2D eigenvalue weighted by Gasteiger charge is -2.33. The van der Waals surface area contributed by atoms with Gasteiger partial charge in [0.15, 0.2) is 5.60 Å². The van der Waals surface area contributed by atoms with Crippen LogP contribution in [0.1, 0.15) is 37.3 Å². The summed E-state index contributed by atoms with van der Waals surface area (Å²) in [6.45, 7) is 3.40. The van der Waals surface area contributed by atoms with E-state index in [1.807, 2.05) is 0 Å². The van der Waals surface area contributed by atoms with Gasteiger partial charge in [-0.2, -0.15) is 13.2 Å². The summed E-state index contributed by atoms with van der Waals surface area (Å²) in [7, 11) is 0. The number of aliphatic hydroxyl groups is 2. The third-order valence-electron chi connectivity index (χ3n) is 4.88. The average Bonchev–Trinajstić information content (AvgIpc) is 2.77. The molecule has 3 nitrogen and oxygen atoms in total. The van der Waals surface area contributed by atoms with Gasteiger partial charge in [-0.05, 0) is 31.5 Å². The molecule has 0 spiro atoms. The average molecular weight is 433 g/mol. The number of hydrogen-bond donors (Lipinski definition) is 2. The topological polar surface area (TPSA) is 49.7 Å². The van der Waals surface area contributed by atoms with Crippen molar-refractivity contribution in [2.24, 2.45) is 5.92 Å². The van der Waals surface area contributed by atoms with Gasteiger partial charge in [-0.1, -0.05) is 40.2 Å². The summed E-state index contributed by atoms with van der Waals surface area (Å²) >= 11 is 3.34. The number of halogens is 4. The van der Waals surface area contributed by atoms with Gasteiger partial charge >= 0.3 is 6.18 Å². The fourth-order valence-electron chi connectivity index (χ4n) is 3.55. The molecule has 2 aliphatic rings. The Morgan fingerprint density at radius 1 is 1.19 bits per heavy atom. The summed E-state index contributed by atoms with van der Waals surface area (Å²) in [5, 5.41) is 20.5. The number of allylic oxidation sites excluding steroid dienone is 3. The predicted molar refractivity (Wildman–Crippen MR) is 95.0 cm³/mol. The molecular formula is C19H20BrF3O3. The van der Waals surface area contributed by atoms with Crippen molar-refractivity contribution in [2.75, 3.05) is 6.61 Å². The molecule has 0 amide bonds. The van der Waals surface area contributed by atoms with E-state index in [-0.39, 0.29) is 17.9 Å². The van der Waals surface area contributed by atoms with Gasteiger partial charge in [-0.15, -0.1) is 0 Å². The first-order valence-electron chi connectivity index (χ1n) is 8.28. The minimum atomic E-state index is -4.83. The highest BCUT2D eigenvalue weighted by molar-refractivity contribution is 9.10. The van der Waals surface area contributed by atoms with Crippen molar-refractivity contribution in [3.63, 3.8) is 0 Å². The number of rotatable bonds is 4. The largest absolute Gasteiger partial charge is 0.493 e. The van der Waals surface area contributed by atoms with Crippen LogP contribution in [0.3, 0.4) is 0 Å². The monoisotopic (exact) mass is 432 g/mol. The highest BCUT2D eigenvalue weighted by Crippen LogP contribution is 2.60. The van der Waals surface area contributed by atoms with Crippen LogP contribution >= 0.6 is 15.9 Å². The molecule has 1 aromatic carbocycles. The van der Waals surface area contributed by atoms with E-state index < -0.39 is 29.2 Å². The Bertz CT molecular complexity index is 765. The molecule has 1 aromatic rings. The summed E-state index contributed by atoms with van der Waals surface area (Å²) < 4.78 is 47.6. The molecule has 26 heavy (non-hydrogen) atoms. The van der Waals surface area contributed by atoms with Crippen molar-refractivity contribution < 1.29 is 28.1 Å². The first-order valence-corrected chi connectivity index (χ1v) is 9.07. The third kappa shape index (κ3) is 3.21. The highest BCUT2D eigenvalue weighted by atomic mass is 79.9. The molecule has 2 N–H and O–H groups in total. The van der Waals surface area contributed by atoms with Crippen molar-refractivity contribution in [1.82, 2.24) is 0 Å². The van der Waals surface area contributed by atoms with Crippen molar-refractivity contribution in [3.8, 4) is 5.75 Å². The van der Waals surface area contributed by atoms with Crippen molar-refractivity contribution in [2.45, 2.75) is 43.6 Å². The highest BCUT2D eigenvalue weighted by Gasteiger charge is 2.65. The summed E-state index contributed by atoms with van der Waals surface area (Å²) in [4.78, 5) is 0. The zero-order valence-corrected chi connectivity index (χ0v) is 15.9. The third-order valence-corrected chi connectivity index (χ3v) is 5.54. The maximum absolute atomic E-state index is 13.9. The van der Waals surface area contributed by atoms with Gasteiger partial charge in [0, 0.05) is 28.3 Å². The number of fused-ring (bicyclic) bond motifs is 3. The Hall–Kier alpha value is -1.31. The standard InChI is InChI=1S/C19H20BrF3O3/c1-17(2,24)7-8-26-11-9-14-16(15(20)10-11)12-5-3-4-6-13(12)18(14,25)19(21,22)23/h3-6,9-10,12-13,24-25H,7-8H2,1-2H3/t12?,13?,18-/m1/s1. The van der Waals surface area contributed by atoms with E-state index in [1.54, 1.807) is 32.1 Å². The Labute approximate surface area is 158 Å². The smallest absolute Gasteiger partial charge is 0.422 e. The first-order chi connectivity index (χ1) is 11.9. The molecule has 0 fully saturated rings. The Balaban J connectivity index is 2.03. The molecule has 7 heteroatoms. The summed E-state index contributed by atoms with van der Waals surface area (Å²) in [6.07, 6.45) is 1.78. The second kappa shape index (κ2) is 6.39. The quantitative estimate of drug-likeness (QED) is 0.731. The van der Waals surface area contributed by atoms with Gasteiger partial charge < -0.3 is 14.9 Å². The molecule has 0 bridgehead atoms. The van der Waals surface area contributed by atoms with E-state index in [1.165, 1.54) is 18.2 Å². The zero-order chi connectivity index (χ0) is 19.3. The van der Waals surface area contributed by atoms with Crippen molar-refractivity contribution >= 4 is 15.9 Å². The van der Waals surface area contributed by atoms with Crippen LogP contribution in [-0.2, 0) is 5.60 Å². The van der Waals surface area contributed by atoms with Crippen LogP contribution in [0.4, 0.5) is 13.2 Å². The first kappa shape index (κ1) is 19.5. The zero-order valence-electron chi connectivity index (χ0n) is 14.3. The van der Waals surface area contributed by atoms with Gasteiger partial charge in [0.2, 0.25) is 0 Å². The van der Waals surface area contributed by atoms with E-state index in [2.05, 4.69) is 15.9 Å². The van der Waals surface area contributed by atoms with Crippen molar-refractivity contribution in [3.05, 3.63) is 52.0 Å². The van der Waals surface area contributed by atoms with E-state index in [4.69, 9.17) is 4.74 Å². The Morgan fingerprint density at radius 2 is 1.85 bits per heavy atom. The fraction of sp³-hybridized carbons (Fsp3) is 0.474. The molecule has 0 heterocycles. The van der Waals surface area contributed by atoms with E-state index in [9.17, 15) is 23.4 Å². The summed E-state index contributed by atoms with van der Waals surface area (Å²) in [5.41, 5.74) is -3.69. The molecule has 0 saturated carbocycles. The van der Waals surface area contributed by atoms with Crippen LogP contribution in [0.15, 0.2) is 40.9 Å². The van der Waals surface area contributed by atoms with Crippen LogP contribution in [0, 0.1) is 5.92 Å². The van der Waals surface area contributed by atoms with Crippen molar-refractivity contribution in [1.29, 1.82) is 0 Å². The molecular weight excluding hydrogens is 413 g/mol. The molecule has 2 unspecified atom stereocenters. The van der Waals surface area contributed by atoms with Crippen LogP contribution in [0.5, 0.6) is 5.75 Å². The number of hydrogen-bond acceptors (Lipinski definition) is 3. The number of benzene rings is 1. The second-order valence-electron chi connectivity index (χ2n) is 7.36. The van der Waals surface area contributed by atoms with E-state index in [0.29, 0.717) is 16.5 Å². The number of alkyl halides is 3. The maximum Gasteiger partial charge on any atom is 0.422 e. The van der Waals surface area contributed by atoms with Gasteiger partial charge in [-0.3, -0.25) is 0 Å². The van der Waals surface area contributed by atoms with Gasteiger partial charge in [0.05, 0.1) is 12.2 Å². The van der Waals surface area contributed by atoms with Crippen LogP contribution < -0.4 is 4.74 Å². The molecule has 3 rings (SSSR count). The van der Waals surface area contributed by atoms with E-state index in [0.717, 1.165) is 0 Å². The van der Waals surface area contributed by atoms with Gasteiger partial charge in [-0.25, -0.2) is 0 Å². The predicted octanol–water partition coefficient (Wildman–Crippen LogP) is 4.58.